The molecular weight excluding hydrogens is 1790 g/mol. The van der Waals surface area contributed by atoms with Crippen molar-refractivity contribution in [3.8, 4) is 45.0 Å². The maximum absolute atomic E-state index is 14.1. The van der Waals surface area contributed by atoms with Crippen molar-refractivity contribution in [3.05, 3.63) is 280 Å². The number of nitrogens with two attached hydrogens (primary N) is 4. The van der Waals surface area contributed by atoms with Gasteiger partial charge in [-0.2, -0.15) is 0 Å². The molecule has 20 nitrogen and oxygen atoms in total. The van der Waals surface area contributed by atoms with E-state index in [1.54, 1.807) is 6.07 Å². The van der Waals surface area contributed by atoms with Crippen LogP contribution >= 0.6 is 22.6 Å². The third-order valence-electron chi connectivity index (χ3n) is 26.3. The lowest BCUT2D eigenvalue weighted by atomic mass is 9.85. The molecule has 0 spiro atoms. The average Bonchev–Trinajstić information content (AvgIpc) is 0.773. The number of fused-ring (bicyclic) bond motifs is 12. The number of nitrogens with zero attached hydrogens (tertiary/aromatic N) is 8. The van der Waals surface area contributed by atoms with Crippen molar-refractivity contribution in [2.24, 2.45) is 0 Å². The van der Waals surface area contributed by atoms with Crippen LogP contribution in [0.1, 0.15) is 247 Å². The third-order valence-corrected chi connectivity index (χ3v) is 27.0. The topological polar surface area (TPSA) is 324 Å². The van der Waals surface area contributed by atoms with Crippen molar-refractivity contribution >= 4 is 92.2 Å². The van der Waals surface area contributed by atoms with Gasteiger partial charge in [0.15, 0.2) is 58.2 Å². The summed E-state index contributed by atoms with van der Waals surface area (Å²) in [7, 11) is 0. The number of anilines is 8. The Labute approximate surface area is 769 Å². The van der Waals surface area contributed by atoms with E-state index in [9.17, 15) is 49.9 Å². The molecule has 8 aromatic carbocycles. The second kappa shape index (κ2) is 40.4. The number of nitrogens with one attached hydrogen (secondary N) is 4. The number of halogens is 8. The molecular formula is C103H102F7IN16O4. The lowest BCUT2D eigenvalue weighted by Gasteiger charge is -2.26. The van der Waals surface area contributed by atoms with Gasteiger partial charge in [0.1, 0.15) is 0 Å². The van der Waals surface area contributed by atoms with Gasteiger partial charge in [-0.1, -0.05) is 138 Å². The van der Waals surface area contributed by atoms with Gasteiger partial charge < -0.3 is 44.2 Å². The summed E-state index contributed by atoms with van der Waals surface area (Å²) in [6.45, 7) is 0. The Morgan fingerprint density at radius 1 is 0.313 bits per heavy atom. The van der Waals surface area contributed by atoms with Crippen molar-refractivity contribution in [2.75, 3.05) is 44.2 Å². The number of rotatable bonds is 15. The van der Waals surface area contributed by atoms with Crippen LogP contribution in [0.2, 0.25) is 0 Å². The molecule has 0 bridgehead atoms. The van der Waals surface area contributed by atoms with Gasteiger partial charge in [0, 0.05) is 83.4 Å². The van der Waals surface area contributed by atoms with E-state index in [-0.39, 0.29) is 41.8 Å². The molecule has 0 atom stereocenters. The summed E-state index contributed by atoms with van der Waals surface area (Å²) < 4.78 is 96.8. The molecule has 20 rings (SSSR count). The monoisotopic (exact) mass is 1890 g/mol. The summed E-state index contributed by atoms with van der Waals surface area (Å²) in [5.74, 6) is -11.0. The lowest BCUT2D eigenvalue weighted by molar-refractivity contribution is -0.116. The Morgan fingerprint density at radius 3 is 0.954 bits per heavy atom. The number of hydrogen-bond donors (Lipinski definition) is 8. The highest BCUT2D eigenvalue weighted by Crippen LogP contribution is 2.46. The maximum Gasteiger partial charge on any atom is 0.256 e. The number of carbonyl (C=O) groups excluding carboxylic acids is 4. The number of benzene rings is 8. The van der Waals surface area contributed by atoms with Crippen LogP contribution in [0.3, 0.4) is 0 Å². The molecule has 674 valence electrons. The van der Waals surface area contributed by atoms with Gasteiger partial charge in [-0.3, -0.25) is 19.2 Å². The first-order valence-electron chi connectivity index (χ1n) is 45.6. The Balaban J connectivity index is 0.000000122. The van der Waals surface area contributed by atoms with E-state index >= 15 is 0 Å². The molecule has 0 radical (unpaired) electrons. The summed E-state index contributed by atoms with van der Waals surface area (Å²) in [4.78, 5) is 91.1. The molecule has 12 aromatic rings. The van der Waals surface area contributed by atoms with Crippen molar-refractivity contribution in [1.82, 2.24) is 39.9 Å². The summed E-state index contributed by atoms with van der Waals surface area (Å²) in [5.41, 5.74) is 46.8. The summed E-state index contributed by atoms with van der Waals surface area (Å²) >= 11 is 2.27. The largest absolute Gasteiger partial charge is 0.399 e. The normalized spacial score (nSPS) is 15.6. The predicted octanol–water partition coefficient (Wildman–Crippen LogP) is 21.9. The number of nitrogen functional groups attached to an aromatic ring is 4. The van der Waals surface area contributed by atoms with Crippen molar-refractivity contribution in [3.63, 3.8) is 0 Å². The summed E-state index contributed by atoms with van der Waals surface area (Å²) in [5, 5.41) is 11.7. The van der Waals surface area contributed by atoms with Gasteiger partial charge in [0.2, 0.25) is 23.5 Å². The summed E-state index contributed by atoms with van der Waals surface area (Å²) in [6.07, 6.45) is 27.3. The lowest BCUT2D eigenvalue weighted by Crippen LogP contribution is -2.23. The maximum atomic E-state index is 14.1. The molecule has 8 aliphatic carbocycles. The molecule has 4 heterocycles. The van der Waals surface area contributed by atoms with Gasteiger partial charge in [-0.05, 0) is 244 Å². The molecule has 4 amide bonds. The highest BCUT2D eigenvalue weighted by molar-refractivity contribution is 14.1. The van der Waals surface area contributed by atoms with Crippen LogP contribution in [-0.4, -0.2) is 63.5 Å². The molecule has 8 aliphatic rings. The van der Waals surface area contributed by atoms with Crippen LogP contribution in [0.25, 0.3) is 45.0 Å². The van der Waals surface area contributed by atoms with Crippen molar-refractivity contribution < 1.29 is 49.9 Å². The SMILES string of the molecule is Nc1ccc2c(c1)CCc1nc(NC(=O)Cc3c(F)c(F)c(F)c(F)c3F)c(C3CCCCC3)nc1-2.Nc1ccc2c(c1)CCc1nc(NC(=O)Cc3ccc(F)c(F)c3)c(C3CCCCC3)nc1-2.Nc1ccc2c(c1)CCc1nc(NC(=O)Cc3ccc(I)cc3)c(C3CCCCC3)nc1-2.Nc1ccc2c(c1)CCc1nc(NC(=O)c3ccccc3)c(C3CCCCC3)nc1-2. The zero-order valence-corrected chi connectivity index (χ0v) is 74.8. The van der Waals surface area contributed by atoms with E-state index in [2.05, 4.69) is 67.0 Å². The van der Waals surface area contributed by atoms with Crippen LogP contribution in [-0.2, 0) is 85.0 Å². The molecule has 0 unspecified atom stereocenters. The minimum Gasteiger partial charge on any atom is -0.399 e. The van der Waals surface area contributed by atoms with E-state index in [1.807, 2.05) is 103 Å². The zero-order chi connectivity index (χ0) is 91.1. The Bertz CT molecular complexity index is 6330. The molecule has 28 heteroatoms. The fourth-order valence-corrected chi connectivity index (χ4v) is 20.0. The number of amides is 4. The second-order valence-electron chi connectivity index (χ2n) is 35.4. The molecule has 4 fully saturated rings. The minimum absolute atomic E-state index is 0.0141. The smallest absolute Gasteiger partial charge is 0.256 e. The second-order valence-corrected chi connectivity index (χ2v) is 36.7. The fourth-order valence-electron chi connectivity index (χ4n) is 19.6. The van der Waals surface area contributed by atoms with E-state index in [1.165, 1.54) is 67.7 Å². The highest BCUT2D eigenvalue weighted by Gasteiger charge is 2.35. The quantitative estimate of drug-likeness (QED) is 0.0155. The molecule has 4 saturated carbocycles. The standard InChI is InChI=1S/C26H23F5N4O.C26H26F2N4O.C26H27IN4O.C25H26N4O/c27-19-16(20(28)22(30)23(31)21(19)29)11-18(36)34-26-24(12-4-2-1-3-5-12)35-25-15-8-7-14(32)10-13(15)6-9-17(25)33-26;27-20-10-6-15(12-21(20)28)13-23(33)31-26-24(16-4-2-1-3-5-16)32-25-19-9-8-18(29)14-17(19)7-11-22(25)30-26;27-19-9-6-16(7-10-19)14-23(32)30-26-24(17-4-2-1-3-5-17)31-25-21-12-11-20(28)15-18(21)8-13-22(25)29-26;26-19-12-13-20-18(15-19)11-14-21-23(20)28-22(16-7-3-1-4-8-16)24(27-21)29-25(30)17-9-5-2-6-10-17/h7-8,10,12H,1-6,9,11,32H2,(H,33,34,36);6,8-10,12,14,16H,1-5,7,11,13,29H2,(H,30,31,33);6-7,9-12,15,17H,1-5,8,13-14,28H2,(H,29,30,32);2,5-6,9-10,12-13,15-16H,1,3-4,7-8,11,14,26H2,(H,27,29,30). The first kappa shape index (κ1) is 90.3. The van der Waals surface area contributed by atoms with Crippen LogP contribution in [0.15, 0.2) is 146 Å². The van der Waals surface area contributed by atoms with E-state index in [0.717, 1.165) is 239 Å². The third kappa shape index (κ3) is 20.8. The van der Waals surface area contributed by atoms with Crippen LogP contribution < -0.4 is 44.2 Å². The Hall–Kier alpha value is -12.6. The van der Waals surface area contributed by atoms with Gasteiger partial charge in [-0.15, -0.1) is 0 Å². The van der Waals surface area contributed by atoms with Crippen LogP contribution in [0.5, 0.6) is 0 Å². The van der Waals surface area contributed by atoms with E-state index in [0.29, 0.717) is 82.4 Å². The van der Waals surface area contributed by atoms with Gasteiger partial charge in [-0.25, -0.2) is 70.6 Å². The van der Waals surface area contributed by atoms with Crippen molar-refractivity contribution in [2.45, 2.75) is 223 Å². The zero-order valence-electron chi connectivity index (χ0n) is 72.6. The first-order valence-corrected chi connectivity index (χ1v) is 46.7. The molecule has 131 heavy (non-hydrogen) atoms. The molecule has 12 N–H and O–H groups in total. The Kier molecular flexibility index (Phi) is 27.9. The van der Waals surface area contributed by atoms with Crippen LogP contribution in [0.4, 0.5) is 76.8 Å². The number of carbonyl (C=O) groups is 4. The number of aryl methyl sites for hydroxylation is 8. The average molecular weight is 1890 g/mol. The van der Waals surface area contributed by atoms with Crippen LogP contribution in [0, 0.1) is 44.3 Å². The van der Waals surface area contributed by atoms with Gasteiger partial charge in [0.25, 0.3) is 5.91 Å². The number of hydrogen-bond acceptors (Lipinski definition) is 16. The molecule has 4 aromatic heterocycles. The van der Waals surface area contributed by atoms with Gasteiger partial charge >= 0.3 is 0 Å². The highest BCUT2D eigenvalue weighted by atomic mass is 127. The first-order chi connectivity index (χ1) is 63.5. The molecule has 0 saturated heterocycles. The van der Waals surface area contributed by atoms with Crippen molar-refractivity contribution in [1.29, 1.82) is 0 Å². The minimum atomic E-state index is -2.27. The van der Waals surface area contributed by atoms with Gasteiger partial charge in [0.05, 0.1) is 87.6 Å². The Morgan fingerprint density at radius 2 is 0.618 bits per heavy atom. The molecule has 0 aliphatic heterocycles. The fraction of sp³-hybridized carbons (Fsp3) is 0.340. The predicted molar refractivity (Wildman–Crippen MR) is 504 cm³/mol. The summed E-state index contributed by atoms with van der Waals surface area (Å²) in [6, 6.07) is 44.4. The van der Waals surface area contributed by atoms with E-state index < -0.39 is 58.6 Å². The number of aromatic nitrogens is 8. The van der Waals surface area contributed by atoms with E-state index in [4.69, 9.17) is 57.8 Å².